The maximum Gasteiger partial charge on any atom is 0.226 e. The van der Waals surface area contributed by atoms with Gasteiger partial charge in [-0.3, -0.25) is 0 Å². The van der Waals surface area contributed by atoms with Gasteiger partial charge in [0.1, 0.15) is 17.5 Å². The van der Waals surface area contributed by atoms with Crippen LogP contribution in [0.2, 0.25) is 0 Å². The molecular formula is C22H29FN6. The van der Waals surface area contributed by atoms with Crippen LogP contribution in [0.4, 0.5) is 27.7 Å². The quantitative estimate of drug-likeness (QED) is 0.735. The number of nitrogens with one attached hydrogen (secondary N) is 3. The highest BCUT2D eigenvalue weighted by Crippen LogP contribution is 2.47. The first-order valence-corrected chi connectivity index (χ1v) is 10.6. The van der Waals surface area contributed by atoms with Gasteiger partial charge in [-0.15, -0.1) is 0 Å². The standard InChI is InChI=1S/C22H29FN6/c1-22(2)12-29(16-8-6-15(23)7-9-16)20-17(22)19(24-3)27-21(28-20)26-18-13-4-5-14(18)11-25-10-13/h6-9,13-14,18,25H,4-5,10-12H2,1-3H3,(H2,24,26,27,28)/t13-,14+,18+. The molecule has 3 N–H and O–H groups in total. The van der Waals surface area contributed by atoms with Gasteiger partial charge in [-0.05, 0) is 62.0 Å². The van der Waals surface area contributed by atoms with Crippen molar-refractivity contribution in [1.82, 2.24) is 15.3 Å². The van der Waals surface area contributed by atoms with E-state index in [0.29, 0.717) is 23.8 Å². The molecule has 1 aliphatic carbocycles. The zero-order chi connectivity index (χ0) is 20.2. The minimum atomic E-state index is -0.227. The van der Waals surface area contributed by atoms with E-state index in [1.165, 1.54) is 25.0 Å². The first-order valence-electron chi connectivity index (χ1n) is 10.6. The number of benzene rings is 1. The molecular weight excluding hydrogens is 367 g/mol. The summed E-state index contributed by atoms with van der Waals surface area (Å²) in [6.45, 7) is 7.32. The van der Waals surface area contributed by atoms with Crippen LogP contribution in [0.25, 0.3) is 0 Å². The summed E-state index contributed by atoms with van der Waals surface area (Å²) in [6, 6.07) is 7.08. The Bertz CT molecular complexity index is 896. The molecule has 2 bridgehead atoms. The Morgan fingerprint density at radius 3 is 2.45 bits per heavy atom. The zero-order valence-corrected chi connectivity index (χ0v) is 17.3. The van der Waals surface area contributed by atoms with E-state index in [9.17, 15) is 4.39 Å². The Hall–Kier alpha value is -2.41. The summed E-state index contributed by atoms with van der Waals surface area (Å²) in [4.78, 5) is 12.0. The lowest BCUT2D eigenvalue weighted by Crippen LogP contribution is -2.45. The van der Waals surface area contributed by atoms with Crippen molar-refractivity contribution in [2.75, 3.05) is 42.2 Å². The van der Waals surface area contributed by atoms with Gasteiger partial charge in [0, 0.05) is 36.3 Å². The van der Waals surface area contributed by atoms with Crippen LogP contribution >= 0.6 is 0 Å². The van der Waals surface area contributed by atoms with Crippen LogP contribution in [0.3, 0.4) is 0 Å². The molecule has 7 heteroatoms. The molecule has 1 aromatic carbocycles. The zero-order valence-electron chi connectivity index (χ0n) is 17.3. The number of nitrogens with zero attached hydrogens (tertiary/aromatic N) is 3. The van der Waals surface area contributed by atoms with Gasteiger partial charge in [0.2, 0.25) is 5.95 Å². The van der Waals surface area contributed by atoms with Crippen molar-refractivity contribution in [1.29, 1.82) is 0 Å². The predicted molar refractivity (Wildman–Crippen MR) is 115 cm³/mol. The normalized spacial score (nSPS) is 27.0. The Balaban J connectivity index is 1.54. The monoisotopic (exact) mass is 396 g/mol. The number of halogens is 1. The second-order valence-corrected chi connectivity index (χ2v) is 9.22. The van der Waals surface area contributed by atoms with Gasteiger partial charge in [-0.2, -0.15) is 9.97 Å². The van der Waals surface area contributed by atoms with E-state index in [0.717, 1.165) is 42.5 Å². The third-order valence-electron chi connectivity index (χ3n) is 6.78. The van der Waals surface area contributed by atoms with Crippen molar-refractivity contribution in [3.63, 3.8) is 0 Å². The summed E-state index contributed by atoms with van der Waals surface area (Å²) in [5.74, 6) is 3.50. The SMILES string of the molecule is CNc1nc(N[C@H]2[C@@H]3CC[C@H]2CNC3)nc2c1C(C)(C)CN2c1ccc(F)cc1. The van der Waals surface area contributed by atoms with E-state index in [4.69, 9.17) is 9.97 Å². The second-order valence-electron chi connectivity index (χ2n) is 9.22. The van der Waals surface area contributed by atoms with E-state index < -0.39 is 0 Å². The number of anilines is 4. The number of hydrogen-bond acceptors (Lipinski definition) is 6. The third kappa shape index (κ3) is 3.12. The van der Waals surface area contributed by atoms with Crippen LogP contribution in [-0.2, 0) is 5.41 Å². The maximum absolute atomic E-state index is 13.5. The topological polar surface area (TPSA) is 65.1 Å². The minimum Gasteiger partial charge on any atom is -0.373 e. The Morgan fingerprint density at radius 2 is 1.79 bits per heavy atom. The van der Waals surface area contributed by atoms with Crippen LogP contribution in [0.1, 0.15) is 32.3 Å². The van der Waals surface area contributed by atoms with Gasteiger partial charge in [-0.1, -0.05) is 13.8 Å². The van der Waals surface area contributed by atoms with E-state index in [2.05, 4.69) is 34.7 Å². The fraction of sp³-hybridized carbons (Fsp3) is 0.545. The summed E-state index contributed by atoms with van der Waals surface area (Å²) >= 11 is 0. The van der Waals surface area contributed by atoms with Crippen LogP contribution < -0.4 is 20.9 Å². The number of fused-ring (bicyclic) bond motifs is 3. The molecule has 1 saturated heterocycles. The molecule has 154 valence electrons. The smallest absolute Gasteiger partial charge is 0.226 e. The fourth-order valence-corrected chi connectivity index (χ4v) is 5.37. The predicted octanol–water partition coefficient (Wildman–Crippen LogP) is 3.50. The molecule has 5 rings (SSSR count). The highest BCUT2D eigenvalue weighted by Gasteiger charge is 2.42. The molecule has 1 saturated carbocycles. The molecule has 0 unspecified atom stereocenters. The van der Waals surface area contributed by atoms with Crippen molar-refractivity contribution in [2.24, 2.45) is 11.8 Å². The van der Waals surface area contributed by atoms with E-state index in [1.807, 2.05) is 19.2 Å². The Labute approximate surface area is 171 Å². The molecule has 1 aromatic heterocycles. The highest BCUT2D eigenvalue weighted by atomic mass is 19.1. The molecule has 6 nitrogen and oxygen atoms in total. The number of hydrogen-bond donors (Lipinski definition) is 3. The molecule has 0 amide bonds. The average Bonchev–Trinajstić information content (AvgIpc) is 3.08. The second kappa shape index (κ2) is 6.83. The lowest BCUT2D eigenvalue weighted by molar-refractivity contribution is 0.341. The van der Waals surface area contributed by atoms with Gasteiger partial charge in [0.25, 0.3) is 0 Å². The number of aromatic nitrogens is 2. The Kier molecular flexibility index (Phi) is 4.38. The van der Waals surface area contributed by atoms with E-state index >= 15 is 0 Å². The summed E-state index contributed by atoms with van der Waals surface area (Å²) in [7, 11) is 1.91. The first-order chi connectivity index (χ1) is 14.0. The molecule has 0 spiro atoms. The van der Waals surface area contributed by atoms with E-state index in [1.54, 1.807) is 0 Å². The van der Waals surface area contributed by atoms with Gasteiger partial charge in [0.05, 0.1) is 0 Å². The lowest BCUT2D eigenvalue weighted by Gasteiger charge is -2.32. The largest absolute Gasteiger partial charge is 0.373 e. The first kappa shape index (κ1) is 18.6. The molecule has 2 aromatic rings. The number of piperidine rings is 1. The van der Waals surface area contributed by atoms with Gasteiger partial charge in [-0.25, -0.2) is 4.39 Å². The minimum absolute atomic E-state index is 0.117. The van der Waals surface area contributed by atoms with Crippen LogP contribution in [0.15, 0.2) is 24.3 Å². The highest BCUT2D eigenvalue weighted by molar-refractivity contribution is 5.75. The van der Waals surface area contributed by atoms with Gasteiger partial charge < -0.3 is 20.9 Å². The van der Waals surface area contributed by atoms with Gasteiger partial charge in [0.15, 0.2) is 0 Å². The summed E-state index contributed by atoms with van der Waals surface area (Å²) in [5.41, 5.74) is 1.95. The lowest BCUT2D eigenvalue weighted by atomic mass is 9.88. The molecule has 2 fully saturated rings. The molecule has 3 atom stereocenters. The Morgan fingerprint density at radius 1 is 1.10 bits per heavy atom. The van der Waals surface area contributed by atoms with Crippen LogP contribution in [0, 0.1) is 17.7 Å². The van der Waals surface area contributed by atoms with Crippen molar-refractivity contribution in [2.45, 2.75) is 38.1 Å². The van der Waals surface area contributed by atoms with Crippen molar-refractivity contribution >= 4 is 23.3 Å². The fourth-order valence-electron chi connectivity index (χ4n) is 5.37. The molecule has 2 aliphatic heterocycles. The van der Waals surface area contributed by atoms with Crippen LogP contribution in [-0.4, -0.2) is 42.7 Å². The van der Waals surface area contributed by atoms with Crippen molar-refractivity contribution < 1.29 is 4.39 Å². The maximum atomic E-state index is 13.5. The summed E-state index contributed by atoms with van der Waals surface area (Å²) in [6.07, 6.45) is 2.52. The van der Waals surface area contributed by atoms with E-state index in [-0.39, 0.29) is 11.2 Å². The van der Waals surface area contributed by atoms with Crippen molar-refractivity contribution in [3.8, 4) is 0 Å². The summed E-state index contributed by atoms with van der Waals surface area (Å²) in [5, 5.41) is 10.5. The van der Waals surface area contributed by atoms with Crippen molar-refractivity contribution in [3.05, 3.63) is 35.6 Å². The van der Waals surface area contributed by atoms with Gasteiger partial charge >= 0.3 is 0 Å². The average molecular weight is 397 g/mol. The van der Waals surface area contributed by atoms with Crippen LogP contribution in [0.5, 0.6) is 0 Å². The molecule has 3 heterocycles. The molecule has 0 radical (unpaired) electrons. The number of rotatable bonds is 4. The summed E-state index contributed by atoms with van der Waals surface area (Å²) < 4.78 is 13.5. The molecule has 3 aliphatic rings. The third-order valence-corrected chi connectivity index (χ3v) is 6.78. The molecule has 29 heavy (non-hydrogen) atoms.